The molecule has 0 aromatic carbocycles. The third-order valence-electron chi connectivity index (χ3n) is 2.37. The smallest absolute Gasteiger partial charge is 0.166 e. The molecule has 14 heavy (non-hydrogen) atoms. The number of pyridine rings is 1. The molecular formula is C9H10ClFN2O. The van der Waals surface area contributed by atoms with Gasteiger partial charge >= 0.3 is 0 Å². The molecule has 1 aliphatic rings. The van der Waals surface area contributed by atoms with Crippen LogP contribution in [0.2, 0.25) is 5.02 Å². The molecule has 0 radical (unpaired) electrons. The van der Waals surface area contributed by atoms with Crippen molar-refractivity contribution in [1.29, 1.82) is 0 Å². The molecule has 0 amide bonds. The van der Waals surface area contributed by atoms with Crippen LogP contribution in [0.4, 0.5) is 10.2 Å². The number of hydrogen-bond donors (Lipinski definition) is 2. The van der Waals surface area contributed by atoms with Gasteiger partial charge in [-0.1, -0.05) is 11.6 Å². The quantitative estimate of drug-likeness (QED) is 0.793. The van der Waals surface area contributed by atoms with Crippen LogP contribution in [0.25, 0.3) is 0 Å². The van der Waals surface area contributed by atoms with Gasteiger partial charge in [-0.3, -0.25) is 0 Å². The number of nitrogens with one attached hydrogen (secondary N) is 1. The molecule has 0 spiro atoms. The molecular weight excluding hydrogens is 207 g/mol. The van der Waals surface area contributed by atoms with Crippen LogP contribution in [0.15, 0.2) is 12.3 Å². The second-order valence-corrected chi connectivity index (χ2v) is 3.82. The van der Waals surface area contributed by atoms with E-state index in [1.165, 1.54) is 12.3 Å². The molecule has 1 heterocycles. The van der Waals surface area contributed by atoms with Gasteiger partial charge in [-0.25, -0.2) is 9.37 Å². The van der Waals surface area contributed by atoms with Crippen molar-refractivity contribution >= 4 is 17.4 Å². The highest BCUT2D eigenvalue weighted by Crippen LogP contribution is 2.25. The van der Waals surface area contributed by atoms with Crippen molar-refractivity contribution in [2.75, 3.05) is 5.32 Å². The lowest BCUT2D eigenvalue weighted by molar-refractivity contribution is 0.0783. The summed E-state index contributed by atoms with van der Waals surface area (Å²) in [7, 11) is 0. The van der Waals surface area contributed by atoms with E-state index in [0.717, 1.165) is 12.8 Å². The van der Waals surface area contributed by atoms with Gasteiger partial charge in [0.2, 0.25) is 0 Å². The SMILES string of the molecule is O[C@@H]1CC[C@H]1Nc1ncc(Cl)cc1F. The van der Waals surface area contributed by atoms with Crippen LogP contribution in [0.1, 0.15) is 12.8 Å². The molecule has 2 N–H and O–H groups in total. The van der Waals surface area contributed by atoms with E-state index in [-0.39, 0.29) is 16.9 Å². The van der Waals surface area contributed by atoms with Crippen molar-refractivity contribution in [2.24, 2.45) is 0 Å². The van der Waals surface area contributed by atoms with Gasteiger partial charge in [-0.05, 0) is 18.9 Å². The van der Waals surface area contributed by atoms with Gasteiger partial charge in [0, 0.05) is 6.20 Å². The van der Waals surface area contributed by atoms with E-state index in [4.69, 9.17) is 11.6 Å². The van der Waals surface area contributed by atoms with E-state index < -0.39 is 11.9 Å². The molecule has 1 fully saturated rings. The van der Waals surface area contributed by atoms with Gasteiger partial charge in [-0.2, -0.15) is 0 Å². The topological polar surface area (TPSA) is 45.1 Å². The van der Waals surface area contributed by atoms with E-state index in [2.05, 4.69) is 10.3 Å². The third-order valence-corrected chi connectivity index (χ3v) is 2.57. The summed E-state index contributed by atoms with van der Waals surface area (Å²) in [6.07, 6.45) is 2.57. The van der Waals surface area contributed by atoms with Crippen LogP contribution in [-0.2, 0) is 0 Å². The highest BCUT2D eigenvalue weighted by atomic mass is 35.5. The molecule has 3 nitrogen and oxygen atoms in total. The van der Waals surface area contributed by atoms with E-state index in [1.807, 2.05) is 0 Å². The average molecular weight is 217 g/mol. The highest BCUT2D eigenvalue weighted by Gasteiger charge is 2.29. The Morgan fingerprint density at radius 2 is 2.36 bits per heavy atom. The average Bonchev–Trinajstić information content (AvgIpc) is 2.14. The molecule has 0 bridgehead atoms. The van der Waals surface area contributed by atoms with Gasteiger partial charge in [0.25, 0.3) is 0 Å². The summed E-state index contributed by atoms with van der Waals surface area (Å²) in [4.78, 5) is 3.80. The number of hydrogen-bond acceptors (Lipinski definition) is 3. The minimum Gasteiger partial charge on any atom is -0.391 e. The number of nitrogens with zero attached hydrogens (tertiary/aromatic N) is 1. The summed E-state index contributed by atoms with van der Waals surface area (Å²) < 4.78 is 13.2. The van der Waals surface area contributed by atoms with Gasteiger partial charge in [0.15, 0.2) is 11.6 Å². The molecule has 1 aromatic heterocycles. The first-order valence-corrected chi connectivity index (χ1v) is 4.80. The largest absolute Gasteiger partial charge is 0.391 e. The highest BCUT2D eigenvalue weighted by molar-refractivity contribution is 6.30. The fourth-order valence-corrected chi connectivity index (χ4v) is 1.49. The van der Waals surface area contributed by atoms with Crippen molar-refractivity contribution in [3.05, 3.63) is 23.1 Å². The number of rotatable bonds is 2. The maximum absolute atomic E-state index is 13.2. The van der Waals surface area contributed by atoms with Crippen molar-refractivity contribution in [3.63, 3.8) is 0 Å². The Morgan fingerprint density at radius 1 is 1.57 bits per heavy atom. The van der Waals surface area contributed by atoms with Crippen molar-refractivity contribution in [2.45, 2.75) is 25.0 Å². The summed E-state index contributed by atoms with van der Waals surface area (Å²) in [5, 5.41) is 12.4. The number of anilines is 1. The van der Waals surface area contributed by atoms with Crippen molar-refractivity contribution in [3.8, 4) is 0 Å². The van der Waals surface area contributed by atoms with Crippen molar-refractivity contribution < 1.29 is 9.50 Å². The van der Waals surface area contributed by atoms with Gasteiger partial charge in [-0.15, -0.1) is 0 Å². The molecule has 1 saturated carbocycles. The molecule has 0 unspecified atom stereocenters. The first-order chi connectivity index (χ1) is 6.66. The minimum absolute atomic E-state index is 0.0850. The summed E-state index contributed by atoms with van der Waals surface area (Å²) in [5.41, 5.74) is 0. The molecule has 2 rings (SSSR count). The monoisotopic (exact) mass is 216 g/mol. The fraction of sp³-hybridized carbons (Fsp3) is 0.444. The molecule has 76 valence electrons. The maximum atomic E-state index is 13.2. The van der Waals surface area contributed by atoms with E-state index in [1.54, 1.807) is 0 Å². The fourth-order valence-electron chi connectivity index (χ4n) is 1.35. The lowest BCUT2D eigenvalue weighted by Gasteiger charge is -2.33. The van der Waals surface area contributed by atoms with Crippen LogP contribution >= 0.6 is 11.6 Å². The van der Waals surface area contributed by atoms with Gasteiger partial charge < -0.3 is 10.4 Å². The predicted molar refractivity (Wildman–Crippen MR) is 51.9 cm³/mol. The Labute approximate surface area is 85.9 Å². The number of aliphatic hydroxyl groups excluding tert-OH is 1. The summed E-state index contributed by atoms with van der Waals surface area (Å²) in [5.74, 6) is -0.338. The summed E-state index contributed by atoms with van der Waals surface area (Å²) in [6.45, 7) is 0. The first kappa shape index (κ1) is 9.68. The van der Waals surface area contributed by atoms with Gasteiger partial charge in [0.05, 0.1) is 17.2 Å². The minimum atomic E-state index is -0.489. The van der Waals surface area contributed by atoms with E-state index in [9.17, 15) is 9.50 Å². The van der Waals surface area contributed by atoms with Crippen molar-refractivity contribution in [1.82, 2.24) is 4.98 Å². The molecule has 1 aromatic rings. The predicted octanol–water partition coefficient (Wildman–Crippen LogP) is 1.81. The summed E-state index contributed by atoms with van der Waals surface area (Å²) >= 11 is 5.55. The molecule has 0 saturated heterocycles. The molecule has 2 atom stereocenters. The zero-order valence-corrected chi connectivity index (χ0v) is 8.13. The van der Waals surface area contributed by atoms with Crippen LogP contribution in [-0.4, -0.2) is 22.2 Å². The Morgan fingerprint density at radius 3 is 2.86 bits per heavy atom. The number of halogens is 2. The first-order valence-electron chi connectivity index (χ1n) is 4.42. The van der Waals surface area contributed by atoms with Crippen LogP contribution < -0.4 is 5.32 Å². The third kappa shape index (κ3) is 1.81. The Balaban J connectivity index is 2.09. The van der Waals surface area contributed by atoms with Crippen LogP contribution in [0, 0.1) is 5.82 Å². The number of aromatic nitrogens is 1. The zero-order valence-electron chi connectivity index (χ0n) is 7.37. The standard InChI is InChI=1S/C9H10ClFN2O/c10-5-3-6(11)9(12-4-5)13-7-1-2-8(7)14/h3-4,7-8,14H,1-2H2,(H,12,13)/t7-,8-/m1/s1. The van der Waals surface area contributed by atoms with Crippen LogP contribution in [0.3, 0.4) is 0 Å². The normalized spacial score (nSPS) is 25.6. The van der Waals surface area contributed by atoms with E-state index >= 15 is 0 Å². The zero-order chi connectivity index (χ0) is 10.1. The van der Waals surface area contributed by atoms with E-state index in [0.29, 0.717) is 0 Å². The lowest BCUT2D eigenvalue weighted by atomic mass is 9.89. The lowest BCUT2D eigenvalue weighted by Crippen LogP contribution is -2.43. The number of aliphatic hydroxyl groups is 1. The maximum Gasteiger partial charge on any atom is 0.166 e. The molecule has 5 heteroatoms. The van der Waals surface area contributed by atoms with Gasteiger partial charge in [0.1, 0.15) is 0 Å². The molecule has 0 aliphatic heterocycles. The Hall–Kier alpha value is -0.870. The second kappa shape index (κ2) is 3.71. The Bertz CT molecular complexity index is 348. The second-order valence-electron chi connectivity index (χ2n) is 3.38. The van der Waals surface area contributed by atoms with Crippen LogP contribution in [0.5, 0.6) is 0 Å². The summed E-state index contributed by atoms with van der Waals surface area (Å²) in [6, 6.07) is 1.11. The molecule has 1 aliphatic carbocycles. The Kier molecular flexibility index (Phi) is 2.56.